The predicted molar refractivity (Wildman–Crippen MR) is 75.0 cm³/mol. The lowest BCUT2D eigenvalue weighted by molar-refractivity contribution is 0.318. The van der Waals surface area contributed by atoms with Gasteiger partial charge in [0.1, 0.15) is 5.82 Å². The van der Waals surface area contributed by atoms with E-state index >= 15 is 0 Å². The van der Waals surface area contributed by atoms with E-state index in [4.69, 9.17) is 10.9 Å². The third-order valence-corrected chi connectivity index (χ3v) is 4.25. The van der Waals surface area contributed by atoms with Crippen LogP contribution in [0.4, 0.5) is 0 Å². The van der Waals surface area contributed by atoms with E-state index in [0.717, 1.165) is 26.4 Å². The minimum absolute atomic E-state index is 0.0498. The second kappa shape index (κ2) is 5.54. The van der Waals surface area contributed by atoms with Crippen molar-refractivity contribution in [3.8, 4) is 0 Å². The highest BCUT2D eigenvalue weighted by atomic mass is 32.2. The van der Waals surface area contributed by atoms with Gasteiger partial charge >= 0.3 is 0 Å². The Morgan fingerprint density at radius 1 is 1.37 bits per heavy atom. The van der Waals surface area contributed by atoms with E-state index in [0.29, 0.717) is 5.56 Å². The molecule has 2 heterocycles. The SMILES string of the molecule is Cc1cc(Sc2nc(C)ns2)c(/C(N)=N/O)c(C)n1. The molecule has 0 bridgehead atoms. The van der Waals surface area contributed by atoms with E-state index in [1.54, 1.807) is 0 Å². The van der Waals surface area contributed by atoms with E-state index in [1.807, 2.05) is 26.8 Å². The molecule has 8 heteroatoms. The van der Waals surface area contributed by atoms with E-state index in [9.17, 15) is 0 Å². The maximum absolute atomic E-state index is 8.88. The monoisotopic (exact) mass is 295 g/mol. The number of aryl methyl sites for hydroxylation is 3. The summed E-state index contributed by atoms with van der Waals surface area (Å²) in [6.07, 6.45) is 0. The van der Waals surface area contributed by atoms with Crippen LogP contribution < -0.4 is 5.73 Å². The summed E-state index contributed by atoms with van der Waals surface area (Å²) in [6.45, 7) is 5.57. The van der Waals surface area contributed by atoms with Crippen LogP contribution in [0.5, 0.6) is 0 Å². The lowest BCUT2D eigenvalue weighted by Crippen LogP contribution is -2.17. The predicted octanol–water partition coefficient (Wildman–Crippen LogP) is 2.10. The molecule has 19 heavy (non-hydrogen) atoms. The average Bonchev–Trinajstić information content (AvgIpc) is 2.73. The summed E-state index contributed by atoms with van der Waals surface area (Å²) in [4.78, 5) is 9.49. The molecule has 100 valence electrons. The molecule has 6 nitrogen and oxygen atoms in total. The topological polar surface area (TPSA) is 97.3 Å². The number of oxime groups is 1. The zero-order chi connectivity index (χ0) is 14.0. The Bertz CT molecular complexity index is 638. The molecule has 0 unspecified atom stereocenters. The zero-order valence-corrected chi connectivity index (χ0v) is 12.3. The van der Waals surface area contributed by atoms with Gasteiger partial charge in [-0.2, -0.15) is 4.37 Å². The van der Waals surface area contributed by atoms with Crippen LogP contribution in [0.3, 0.4) is 0 Å². The first-order chi connectivity index (χ1) is 9.01. The Morgan fingerprint density at radius 3 is 2.68 bits per heavy atom. The third kappa shape index (κ3) is 3.02. The standard InChI is InChI=1S/C11H13N5OS2/c1-5-4-8(18-11-14-7(3)16-19-11)9(6(2)13-5)10(12)15-17/h4,17H,1-3H3,(H2,12,15). The smallest absolute Gasteiger partial charge is 0.174 e. The molecule has 0 aromatic carbocycles. The van der Waals surface area contributed by atoms with Crippen LogP contribution in [-0.2, 0) is 0 Å². The fourth-order valence-corrected chi connectivity index (χ4v) is 3.55. The van der Waals surface area contributed by atoms with Crippen molar-refractivity contribution in [3.05, 3.63) is 28.8 Å². The molecule has 0 saturated carbocycles. The molecule has 2 rings (SSSR count). The van der Waals surface area contributed by atoms with Gasteiger partial charge in [-0.25, -0.2) is 4.98 Å². The van der Waals surface area contributed by atoms with Crippen LogP contribution in [0.15, 0.2) is 20.5 Å². The Labute approximate surface area is 118 Å². The van der Waals surface area contributed by atoms with E-state index < -0.39 is 0 Å². The normalized spacial score (nSPS) is 11.8. The number of hydrogen-bond acceptors (Lipinski definition) is 7. The van der Waals surface area contributed by atoms with Crippen molar-refractivity contribution in [2.75, 3.05) is 0 Å². The number of nitrogens with two attached hydrogens (primary N) is 1. The van der Waals surface area contributed by atoms with Gasteiger partial charge in [-0.1, -0.05) is 16.9 Å². The third-order valence-electron chi connectivity index (χ3n) is 2.36. The highest BCUT2D eigenvalue weighted by Gasteiger charge is 2.15. The first-order valence-corrected chi connectivity index (χ1v) is 7.04. The van der Waals surface area contributed by atoms with Crippen molar-refractivity contribution in [2.24, 2.45) is 10.9 Å². The van der Waals surface area contributed by atoms with Crippen LogP contribution in [-0.4, -0.2) is 25.4 Å². The molecule has 3 N–H and O–H groups in total. The summed E-state index contributed by atoms with van der Waals surface area (Å²) in [5.74, 6) is 0.786. The van der Waals surface area contributed by atoms with Gasteiger partial charge in [0.2, 0.25) is 0 Å². The molecular formula is C11H13N5OS2. The van der Waals surface area contributed by atoms with Crippen molar-refractivity contribution in [1.29, 1.82) is 0 Å². The molecule has 0 fully saturated rings. The zero-order valence-electron chi connectivity index (χ0n) is 10.7. The number of hydrogen-bond donors (Lipinski definition) is 2. The van der Waals surface area contributed by atoms with E-state index in [2.05, 4.69) is 19.5 Å². The number of aromatic nitrogens is 3. The van der Waals surface area contributed by atoms with Crippen molar-refractivity contribution < 1.29 is 5.21 Å². The van der Waals surface area contributed by atoms with Gasteiger partial charge in [-0.05, 0) is 38.4 Å². The van der Waals surface area contributed by atoms with Crippen LogP contribution in [0.1, 0.15) is 22.8 Å². The van der Waals surface area contributed by atoms with Crippen molar-refractivity contribution in [2.45, 2.75) is 30.0 Å². The molecule has 0 spiro atoms. The maximum Gasteiger partial charge on any atom is 0.174 e. The molecule has 0 aliphatic rings. The molecule has 0 aliphatic heterocycles. The maximum atomic E-state index is 8.88. The summed E-state index contributed by atoms with van der Waals surface area (Å²) in [6, 6.07) is 1.89. The Balaban J connectivity index is 2.48. The fraction of sp³-hybridized carbons (Fsp3) is 0.273. The van der Waals surface area contributed by atoms with Gasteiger partial charge in [-0.15, -0.1) is 0 Å². The van der Waals surface area contributed by atoms with Gasteiger partial charge in [0.05, 0.1) is 5.56 Å². The van der Waals surface area contributed by atoms with Gasteiger partial charge < -0.3 is 10.9 Å². The Kier molecular flexibility index (Phi) is 4.01. The van der Waals surface area contributed by atoms with Gasteiger partial charge in [0, 0.05) is 16.3 Å². The van der Waals surface area contributed by atoms with Crippen molar-refractivity contribution in [1.82, 2.24) is 14.3 Å². The summed E-state index contributed by atoms with van der Waals surface area (Å²) in [5.41, 5.74) is 7.94. The molecule has 2 aromatic heterocycles. The molecule has 0 aliphatic carbocycles. The summed E-state index contributed by atoms with van der Waals surface area (Å²) in [5, 5.41) is 11.9. The van der Waals surface area contributed by atoms with E-state index in [-0.39, 0.29) is 5.84 Å². The summed E-state index contributed by atoms with van der Waals surface area (Å²) in [7, 11) is 0. The van der Waals surface area contributed by atoms with Gasteiger partial charge in [0.15, 0.2) is 10.2 Å². The number of amidine groups is 1. The number of pyridine rings is 1. The highest BCUT2D eigenvalue weighted by Crippen LogP contribution is 2.32. The lowest BCUT2D eigenvalue weighted by Gasteiger charge is -2.10. The number of nitrogens with zero attached hydrogens (tertiary/aromatic N) is 4. The number of rotatable bonds is 3. The average molecular weight is 295 g/mol. The minimum atomic E-state index is 0.0498. The van der Waals surface area contributed by atoms with Gasteiger partial charge in [0.25, 0.3) is 0 Å². The first-order valence-electron chi connectivity index (χ1n) is 5.45. The van der Waals surface area contributed by atoms with Crippen LogP contribution in [0.25, 0.3) is 0 Å². The molecule has 0 saturated heterocycles. The molecular weight excluding hydrogens is 282 g/mol. The molecule has 2 aromatic rings. The van der Waals surface area contributed by atoms with Gasteiger partial charge in [-0.3, -0.25) is 4.98 Å². The fourth-order valence-electron chi connectivity index (χ4n) is 1.65. The van der Waals surface area contributed by atoms with Crippen molar-refractivity contribution >= 4 is 29.1 Å². The lowest BCUT2D eigenvalue weighted by atomic mass is 10.1. The molecule has 0 amide bonds. The second-order valence-electron chi connectivity index (χ2n) is 3.92. The molecule has 0 radical (unpaired) electrons. The van der Waals surface area contributed by atoms with Crippen LogP contribution in [0, 0.1) is 20.8 Å². The second-order valence-corrected chi connectivity index (χ2v) is 5.96. The van der Waals surface area contributed by atoms with Crippen LogP contribution in [0.2, 0.25) is 0 Å². The quantitative estimate of drug-likeness (QED) is 0.389. The summed E-state index contributed by atoms with van der Waals surface area (Å²) >= 11 is 2.76. The first kappa shape index (κ1) is 13.8. The van der Waals surface area contributed by atoms with Crippen molar-refractivity contribution in [3.63, 3.8) is 0 Å². The molecule has 0 atom stereocenters. The minimum Gasteiger partial charge on any atom is -0.409 e. The summed E-state index contributed by atoms with van der Waals surface area (Å²) < 4.78 is 4.95. The Morgan fingerprint density at radius 2 is 2.11 bits per heavy atom. The van der Waals surface area contributed by atoms with Crippen LogP contribution >= 0.6 is 23.3 Å². The van der Waals surface area contributed by atoms with E-state index in [1.165, 1.54) is 23.3 Å². The highest BCUT2D eigenvalue weighted by molar-refractivity contribution is 8.01. The largest absolute Gasteiger partial charge is 0.409 e. The Hall–Kier alpha value is -1.67.